The molecule has 2 rings (SSSR count). The first kappa shape index (κ1) is 17.9. The number of hydrogen-bond donors (Lipinski definition) is 2. The second-order valence-corrected chi connectivity index (χ2v) is 5.04. The van der Waals surface area contributed by atoms with E-state index in [1.807, 2.05) is 66.7 Å². The Bertz CT molecular complexity index is 766. The van der Waals surface area contributed by atoms with Gasteiger partial charge in [-0.25, -0.2) is 5.43 Å². The number of amides is 2. The molecule has 0 bridgehead atoms. The summed E-state index contributed by atoms with van der Waals surface area (Å²) in [6.07, 6.45) is 8.12. The van der Waals surface area contributed by atoms with Crippen LogP contribution in [0.25, 0.3) is 12.2 Å². The number of nitrogens with zero attached hydrogens (tertiary/aromatic N) is 1. The summed E-state index contributed by atoms with van der Waals surface area (Å²) in [5.74, 6) is -0.738. The van der Waals surface area contributed by atoms with E-state index in [0.29, 0.717) is 0 Å². The number of hydrogen-bond acceptors (Lipinski definition) is 3. The van der Waals surface area contributed by atoms with Crippen molar-refractivity contribution in [1.82, 2.24) is 10.7 Å². The van der Waals surface area contributed by atoms with E-state index in [1.165, 1.54) is 12.3 Å². The van der Waals surface area contributed by atoms with Gasteiger partial charge in [0, 0.05) is 12.3 Å². The maximum absolute atomic E-state index is 11.6. The largest absolute Gasteiger partial charge is 0.343 e. The van der Waals surface area contributed by atoms with Crippen molar-refractivity contribution in [2.45, 2.75) is 0 Å². The fourth-order valence-electron chi connectivity index (χ4n) is 1.87. The van der Waals surface area contributed by atoms with Gasteiger partial charge in [-0.15, -0.1) is 0 Å². The van der Waals surface area contributed by atoms with Crippen LogP contribution < -0.4 is 10.7 Å². The summed E-state index contributed by atoms with van der Waals surface area (Å²) in [5.41, 5.74) is 4.29. The van der Waals surface area contributed by atoms with Crippen LogP contribution in [-0.2, 0) is 9.59 Å². The summed E-state index contributed by atoms with van der Waals surface area (Å²) in [7, 11) is 0. The molecule has 0 aliphatic rings. The molecule has 5 heteroatoms. The molecule has 25 heavy (non-hydrogen) atoms. The number of rotatable bonds is 7. The van der Waals surface area contributed by atoms with Crippen molar-refractivity contribution in [2.75, 3.05) is 6.54 Å². The van der Waals surface area contributed by atoms with Crippen LogP contribution >= 0.6 is 0 Å². The molecule has 0 unspecified atom stereocenters. The minimum atomic E-state index is -0.397. The zero-order valence-corrected chi connectivity index (χ0v) is 13.6. The average Bonchev–Trinajstić information content (AvgIpc) is 2.66. The van der Waals surface area contributed by atoms with Crippen LogP contribution in [0.4, 0.5) is 0 Å². The summed E-state index contributed by atoms with van der Waals surface area (Å²) >= 11 is 0. The molecular formula is C20H19N3O2. The van der Waals surface area contributed by atoms with Gasteiger partial charge in [0.1, 0.15) is 0 Å². The highest BCUT2D eigenvalue weighted by atomic mass is 16.2. The Balaban J connectivity index is 1.66. The van der Waals surface area contributed by atoms with Gasteiger partial charge in [-0.2, -0.15) is 5.10 Å². The minimum absolute atomic E-state index is 0.141. The standard InChI is InChI=1S/C20H19N3O2/c24-19(14-13-18-10-5-2-6-11-18)21-16-20(25)23-22-15-7-12-17-8-3-1-4-9-17/h1-15H,16H2,(H,21,24)(H,23,25)/b12-7+,14-13+,22-15-. The van der Waals surface area contributed by atoms with Crippen LogP contribution in [0.2, 0.25) is 0 Å². The normalized spacial score (nSPS) is 11.2. The molecular weight excluding hydrogens is 314 g/mol. The number of benzene rings is 2. The van der Waals surface area contributed by atoms with Crippen LogP contribution in [0.15, 0.2) is 77.9 Å². The summed E-state index contributed by atoms with van der Waals surface area (Å²) in [4.78, 5) is 23.2. The monoisotopic (exact) mass is 333 g/mol. The highest BCUT2D eigenvalue weighted by Crippen LogP contribution is 2.00. The van der Waals surface area contributed by atoms with Gasteiger partial charge in [-0.1, -0.05) is 66.7 Å². The Kier molecular flexibility index (Phi) is 7.39. The molecule has 0 atom stereocenters. The van der Waals surface area contributed by atoms with E-state index < -0.39 is 5.91 Å². The molecule has 5 nitrogen and oxygen atoms in total. The smallest absolute Gasteiger partial charge is 0.259 e. The van der Waals surface area contributed by atoms with Gasteiger partial charge < -0.3 is 5.32 Å². The Morgan fingerprint density at radius 1 is 0.880 bits per heavy atom. The SMILES string of the molecule is O=C(/C=C/c1ccccc1)NCC(=O)N/N=C\C=C\c1ccccc1. The third-order valence-electron chi connectivity index (χ3n) is 3.09. The van der Waals surface area contributed by atoms with Crippen molar-refractivity contribution in [1.29, 1.82) is 0 Å². The predicted octanol–water partition coefficient (Wildman–Crippen LogP) is 2.63. The molecule has 0 fully saturated rings. The van der Waals surface area contributed by atoms with Gasteiger partial charge in [-0.3, -0.25) is 9.59 Å². The minimum Gasteiger partial charge on any atom is -0.343 e. The lowest BCUT2D eigenvalue weighted by Gasteiger charge is -2.00. The number of hydrazone groups is 1. The summed E-state index contributed by atoms with van der Waals surface area (Å²) in [6.45, 7) is -0.141. The highest BCUT2D eigenvalue weighted by molar-refractivity contribution is 5.94. The van der Waals surface area contributed by atoms with Gasteiger partial charge in [-0.05, 0) is 23.3 Å². The van der Waals surface area contributed by atoms with E-state index in [-0.39, 0.29) is 12.5 Å². The lowest BCUT2D eigenvalue weighted by atomic mass is 10.2. The number of carbonyl (C=O) groups excluding carboxylic acids is 2. The molecule has 2 aromatic rings. The molecule has 0 aromatic heterocycles. The lowest BCUT2D eigenvalue weighted by Crippen LogP contribution is -2.33. The molecule has 0 saturated heterocycles. The van der Waals surface area contributed by atoms with Gasteiger partial charge in [0.25, 0.3) is 5.91 Å². The number of carbonyl (C=O) groups is 2. The maximum atomic E-state index is 11.6. The summed E-state index contributed by atoms with van der Waals surface area (Å²) < 4.78 is 0. The van der Waals surface area contributed by atoms with Crippen LogP contribution in [0.3, 0.4) is 0 Å². The summed E-state index contributed by atoms with van der Waals surface area (Å²) in [6, 6.07) is 19.2. The first-order chi connectivity index (χ1) is 12.2. The highest BCUT2D eigenvalue weighted by Gasteiger charge is 2.01. The molecule has 0 spiro atoms. The third kappa shape index (κ3) is 7.56. The molecule has 0 aliphatic carbocycles. The van der Waals surface area contributed by atoms with E-state index >= 15 is 0 Å². The van der Waals surface area contributed by atoms with Crippen molar-refractivity contribution in [2.24, 2.45) is 5.10 Å². The third-order valence-corrected chi connectivity index (χ3v) is 3.09. The van der Waals surface area contributed by atoms with Gasteiger partial charge in [0.05, 0.1) is 6.54 Å². The van der Waals surface area contributed by atoms with Crippen LogP contribution in [-0.4, -0.2) is 24.6 Å². The van der Waals surface area contributed by atoms with Gasteiger partial charge >= 0.3 is 0 Å². The van der Waals surface area contributed by atoms with Crippen molar-refractivity contribution >= 4 is 30.2 Å². The fraction of sp³-hybridized carbons (Fsp3) is 0.0500. The van der Waals surface area contributed by atoms with E-state index in [4.69, 9.17) is 0 Å². The van der Waals surface area contributed by atoms with Gasteiger partial charge in [0.15, 0.2) is 0 Å². The van der Waals surface area contributed by atoms with E-state index in [1.54, 1.807) is 12.2 Å². The summed E-state index contributed by atoms with van der Waals surface area (Å²) in [5, 5.41) is 6.27. The Labute approximate surface area is 146 Å². The molecule has 126 valence electrons. The van der Waals surface area contributed by atoms with Crippen LogP contribution in [0, 0.1) is 0 Å². The Morgan fingerprint density at radius 3 is 2.12 bits per heavy atom. The molecule has 0 heterocycles. The molecule has 2 aromatic carbocycles. The predicted molar refractivity (Wildman–Crippen MR) is 101 cm³/mol. The van der Waals surface area contributed by atoms with E-state index in [9.17, 15) is 9.59 Å². The number of allylic oxidation sites excluding steroid dienone is 1. The van der Waals surface area contributed by atoms with Crippen LogP contribution in [0.1, 0.15) is 11.1 Å². The first-order valence-corrected chi connectivity index (χ1v) is 7.78. The second-order valence-electron chi connectivity index (χ2n) is 5.04. The van der Waals surface area contributed by atoms with Gasteiger partial charge in [0.2, 0.25) is 5.91 Å². The molecule has 0 radical (unpaired) electrons. The van der Waals surface area contributed by atoms with Crippen molar-refractivity contribution in [3.63, 3.8) is 0 Å². The topological polar surface area (TPSA) is 70.6 Å². The number of nitrogens with one attached hydrogen (secondary N) is 2. The average molecular weight is 333 g/mol. The van der Waals surface area contributed by atoms with E-state index in [2.05, 4.69) is 15.8 Å². The first-order valence-electron chi connectivity index (χ1n) is 7.78. The molecule has 2 N–H and O–H groups in total. The fourth-order valence-corrected chi connectivity index (χ4v) is 1.87. The second kappa shape index (κ2) is 10.3. The van der Waals surface area contributed by atoms with Crippen LogP contribution in [0.5, 0.6) is 0 Å². The quantitative estimate of drug-likeness (QED) is 0.464. The van der Waals surface area contributed by atoms with Crippen molar-refractivity contribution < 1.29 is 9.59 Å². The molecule has 2 amide bonds. The Hall–Kier alpha value is -3.47. The lowest BCUT2D eigenvalue weighted by molar-refractivity contribution is -0.123. The van der Waals surface area contributed by atoms with Crippen molar-refractivity contribution in [3.05, 3.63) is 83.9 Å². The maximum Gasteiger partial charge on any atom is 0.259 e. The Morgan fingerprint density at radius 2 is 1.48 bits per heavy atom. The van der Waals surface area contributed by atoms with Crippen molar-refractivity contribution in [3.8, 4) is 0 Å². The zero-order chi connectivity index (χ0) is 17.7. The molecule has 0 aliphatic heterocycles. The zero-order valence-electron chi connectivity index (χ0n) is 13.6. The molecule has 0 saturated carbocycles. The van der Waals surface area contributed by atoms with E-state index in [0.717, 1.165) is 11.1 Å².